The van der Waals surface area contributed by atoms with E-state index >= 15 is 0 Å². The second-order valence-electron chi connectivity index (χ2n) is 7.52. The summed E-state index contributed by atoms with van der Waals surface area (Å²) in [5.41, 5.74) is 2.70. The Labute approximate surface area is 159 Å². The van der Waals surface area contributed by atoms with Crippen LogP contribution in [0.4, 0.5) is 14.5 Å². The number of rotatable bonds is 3. The minimum Gasteiger partial charge on any atom is -0.322 e. The maximum atomic E-state index is 13.1. The summed E-state index contributed by atoms with van der Waals surface area (Å²) in [6.07, 6.45) is 2.13. The fourth-order valence-electron chi connectivity index (χ4n) is 4.47. The van der Waals surface area contributed by atoms with E-state index in [1.165, 1.54) is 41.9 Å². The van der Waals surface area contributed by atoms with Crippen molar-refractivity contribution in [2.75, 3.05) is 5.32 Å². The van der Waals surface area contributed by atoms with Crippen molar-refractivity contribution in [1.82, 2.24) is 9.78 Å². The number of alkyl halides is 2. The maximum Gasteiger partial charge on any atom is 0.282 e. The lowest BCUT2D eigenvalue weighted by Crippen LogP contribution is -2.16. The van der Waals surface area contributed by atoms with Gasteiger partial charge in [-0.05, 0) is 47.8 Å². The number of carbonyl (C=O) groups is 1. The zero-order chi connectivity index (χ0) is 19.7. The molecule has 3 atom stereocenters. The van der Waals surface area contributed by atoms with Crippen molar-refractivity contribution >= 4 is 11.6 Å². The van der Waals surface area contributed by atoms with Crippen molar-refractivity contribution in [2.24, 2.45) is 13.0 Å². The summed E-state index contributed by atoms with van der Waals surface area (Å²) in [5.74, 6) is 1.05. The number of anilines is 1. The summed E-state index contributed by atoms with van der Waals surface area (Å²) < 4.78 is 27.4. The van der Waals surface area contributed by atoms with Gasteiger partial charge >= 0.3 is 0 Å². The highest BCUT2D eigenvalue weighted by Crippen LogP contribution is 2.58. The van der Waals surface area contributed by atoms with E-state index in [0.717, 1.165) is 12.1 Å². The van der Waals surface area contributed by atoms with E-state index in [-0.39, 0.29) is 5.56 Å². The van der Waals surface area contributed by atoms with E-state index in [2.05, 4.69) is 37.3 Å². The van der Waals surface area contributed by atoms with Gasteiger partial charge in [-0.3, -0.25) is 9.48 Å². The van der Waals surface area contributed by atoms with Gasteiger partial charge in [-0.1, -0.05) is 39.3 Å². The number of hydrogen-bond donors (Lipinski definition) is 1. The molecule has 2 bridgehead atoms. The first-order valence-electron chi connectivity index (χ1n) is 9.64. The lowest BCUT2D eigenvalue weighted by Gasteiger charge is -2.19. The number of halogens is 2. The van der Waals surface area contributed by atoms with Crippen molar-refractivity contribution in [3.63, 3.8) is 0 Å². The molecule has 0 radical (unpaired) electrons. The van der Waals surface area contributed by atoms with Gasteiger partial charge in [-0.25, -0.2) is 8.78 Å². The summed E-state index contributed by atoms with van der Waals surface area (Å²) in [6.45, 7) is 6.50. The molecule has 6 heteroatoms. The summed E-state index contributed by atoms with van der Waals surface area (Å²) >= 11 is 0. The summed E-state index contributed by atoms with van der Waals surface area (Å²) in [6, 6.07) is 5.92. The van der Waals surface area contributed by atoms with Gasteiger partial charge < -0.3 is 5.32 Å². The minimum absolute atomic E-state index is 0.0682. The monoisotopic (exact) mass is 375 g/mol. The van der Waals surface area contributed by atoms with E-state index in [1.54, 1.807) is 0 Å². The second-order valence-corrected chi connectivity index (χ2v) is 7.52. The van der Waals surface area contributed by atoms with Gasteiger partial charge in [0, 0.05) is 18.9 Å². The van der Waals surface area contributed by atoms with Crippen LogP contribution in [-0.2, 0) is 7.05 Å². The largest absolute Gasteiger partial charge is 0.322 e. The lowest BCUT2D eigenvalue weighted by atomic mass is 9.90. The van der Waals surface area contributed by atoms with Gasteiger partial charge in [0.1, 0.15) is 5.69 Å². The van der Waals surface area contributed by atoms with E-state index in [0.29, 0.717) is 17.8 Å². The second kappa shape index (κ2) is 7.79. The van der Waals surface area contributed by atoms with Gasteiger partial charge in [-0.15, -0.1) is 0 Å². The quantitative estimate of drug-likeness (QED) is 0.755. The minimum atomic E-state index is -2.77. The molecule has 27 heavy (non-hydrogen) atoms. The number of nitrogens with zero attached hydrogens (tertiary/aromatic N) is 2. The average Bonchev–Trinajstić information content (AvgIpc) is 3.27. The molecule has 2 aliphatic carbocycles. The van der Waals surface area contributed by atoms with Crippen LogP contribution in [0.3, 0.4) is 0 Å². The van der Waals surface area contributed by atoms with Gasteiger partial charge in [0.2, 0.25) is 0 Å². The Morgan fingerprint density at radius 2 is 1.96 bits per heavy atom. The molecule has 2 aliphatic rings. The Bertz CT molecular complexity index is 831. The molecule has 146 valence electrons. The van der Waals surface area contributed by atoms with Gasteiger partial charge in [-0.2, -0.15) is 5.10 Å². The van der Waals surface area contributed by atoms with Crippen LogP contribution >= 0.6 is 0 Å². The Morgan fingerprint density at radius 1 is 1.30 bits per heavy atom. The predicted octanol–water partition coefficient (Wildman–Crippen LogP) is 5.64. The van der Waals surface area contributed by atoms with Crippen LogP contribution in [0, 0.1) is 5.92 Å². The summed E-state index contributed by atoms with van der Waals surface area (Å²) in [4.78, 5) is 12.5. The lowest BCUT2D eigenvalue weighted by molar-refractivity contribution is 0.101. The number of aryl methyl sites for hydroxylation is 1. The van der Waals surface area contributed by atoms with Crippen molar-refractivity contribution in [2.45, 2.75) is 58.3 Å². The molecular weight excluding hydrogens is 348 g/mol. The van der Waals surface area contributed by atoms with E-state index in [1.807, 2.05) is 12.1 Å². The van der Waals surface area contributed by atoms with Gasteiger partial charge in [0.15, 0.2) is 0 Å². The molecule has 1 fully saturated rings. The third kappa shape index (κ3) is 3.49. The first kappa shape index (κ1) is 19.5. The summed E-state index contributed by atoms with van der Waals surface area (Å²) in [5, 5.41) is 6.55. The third-order valence-electron chi connectivity index (χ3n) is 5.53. The number of nitrogens with one attached hydrogen (secondary N) is 1. The zero-order valence-corrected chi connectivity index (χ0v) is 16.3. The molecule has 4 nitrogen and oxygen atoms in total. The molecule has 1 aromatic heterocycles. The fourth-order valence-corrected chi connectivity index (χ4v) is 4.47. The molecule has 4 rings (SSSR count). The Balaban J connectivity index is 0.000000659. The molecule has 2 aromatic rings. The Hall–Kier alpha value is -2.24. The maximum absolute atomic E-state index is 13.1. The van der Waals surface area contributed by atoms with Gasteiger partial charge in [0.25, 0.3) is 12.3 Å². The number of carbonyl (C=O) groups excluding carboxylic acids is 1. The first-order valence-corrected chi connectivity index (χ1v) is 9.64. The highest BCUT2D eigenvalue weighted by atomic mass is 19.3. The molecular formula is C21H27F2N3O. The topological polar surface area (TPSA) is 46.9 Å². The van der Waals surface area contributed by atoms with Crippen LogP contribution < -0.4 is 5.32 Å². The van der Waals surface area contributed by atoms with Crippen LogP contribution in [0.15, 0.2) is 24.4 Å². The molecule has 1 amide bonds. The third-order valence-corrected chi connectivity index (χ3v) is 5.53. The average molecular weight is 375 g/mol. The Morgan fingerprint density at radius 3 is 2.63 bits per heavy atom. The highest BCUT2D eigenvalue weighted by molar-refractivity contribution is 6.05. The summed E-state index contributed by atoms with van der Waals surface area (Å²) in [7, 11) is 1.53. The van der Waals surface area contributed by atoms with Crippen molar-refractivity contribution in [3.8, 4) is 0 Å². The van der Waals surface area contributed by atoms with Crippen molar-refractivity contribution < 1.29 is 13.6 Å². The number of aromatic nitrogens is 2. The molecule has 1 heterocycles. The van der Waals surface area contributed by atoms with Gasteiger partial charge in [0.05, 0.1) is 5.56 Å². The van der Waals surface area contributed by atoms with Crippen molar-refractivity contribution in [3.05, 3.63) is 46.8 Å². The molecule has 1 aromatic carbocycles. The standard InChI is InChI=1S/C18H19F2N3O.C3H8/c1-9-10-6-7-11(9)15-12(10)4-3-5-14(15)21-18(24)13-8-23(2)22-16(13)17(19)20;1-3-2/h3-5,8-11,17H,6-7H2,1-2H3,(H,21,24);3H2,1-2H3. The molecule has 0 spiro atoms. The number of hydrogen-bond acceptors (Lipinski definition) is 2. The van der Waals surface area contributed by atoms with E-state index in [9.17, 15) is 13.6 Å². The van der Waals surface area contributed by atoms with Crippen molar-refractivity contribution in [1.29, 1.82) is 0 Å². The first-order chi connectivity index (χ1) is 12.9. The number of benzene rings is 1. The molecule has 1 N–H and O–H groups in total. The molecule has 1 saturated carbocycles. The smallest absolute Gasteiger partial charge is 0.282 e. The van der Waals surface area contributed by atoms with Crippen LogP contribution in [0.5, 0.6) is 0 Å². The van der Waals surface area contributed by atoms with E-state index < -0.39 is 18.0 Å². The molecule has 0 aliphatic heterocycles. The van der Waals surface area contributed by atoms with E-state index in [4.69, 9.17) is 0 Å². The highest BCUT2D eigenvalue weighted by Gasteiger charge is 2.44. The van der Waals surface area contributed by atoms with Crippen LogP contribution in [0.25, 0.3) is 0 Å². The van der Waals surface area contributed by atoms with Crippen LogP contribution in [-0.4, -0.2) is 15.7 Å². The number of amides is 1. The predicted molar refractivity (Wildman–Crippen MR) is 102 cm³/mol. The SMILES string of the molecule is CC1C2CCC1c1c(NC(=O)c3cn(C)nc3C(F)F)cccc12.CCC. The fraction of sp³-hybridized carbons (Fsp3) is 0.524. The normalized spacial score (nSPS) is 22.4. The molecule has 3 unspecified atom stereocenters. The van der Waals surface area contributed by atoms with Crippen LogP contribution in [0.1, 0.15) is 85.5 Å². The zero-order valence-electron chi connectivity index (χ0n) is 16.3. The molecule has 0 saturated heterocycles. The van der Waals surface area contributed by atoms with Crippen LogP contribution in [0.2, 0.25) is 0 Å². The number of fused-ring (bicyclic) bond motifs is 5. The Kier molecular flexibility index (Phi) is 5.63.